The van der Waals surface area contributed by atoms with Crippen molar-refractivity contribution in [3.63, 3.8) is 0 Å². The fourth-order valence-corrected chi connectivity index (χ4v) is 6.22. The molecule has 0 fully saturated rings. The van der Waals surface area contributed by atoms with Crippen LogP contribution >= 0.6 is 0 Å². The lowest BCUT2D eigenvalue weighted by Gasteiger charge is -2.16. The summed E-state index contributed by atoms with van der Waals surface area (Å²) in [7, 11) is 0. The van der Waals surface area contributed by atoms with E-state index in [0.717, 1.165) is 63.4 Å². The van der Waals surface area contributed by atoms with E-state index in [0.29, 0.717) is 41.0 Å². The summed E-state index contributed by atoms with van der Waals surface area (Å²) in [6, 6.07) is 0. The summed E-state index contributed by atoms with van der Waals surface area (Å²) in [6.45, 7) is 11.9. The first-order chi connectivity index (χ1) is 19.6. The SMILES string of the molecule is C=CC1=C(C)C2=NC1=CC1=NC(=CC3=C(C)C(C(=O)O)=C(C3)C(=CO)C3=NC(=C2)CC3CCC(=O)O)C(CC)=C1C. The number of fused-ring (bicyclic) bond motifs is 5. The molecule has 0 amide bonds. The number of aliphatic hydroxyl groups is 1. The molecule has 0 saturated heterocycles. The molecule has 0 aromatic heterocycles. The van der Waals surface area contributed by atoms with Gasteiger partial charge in [0.1, 0.15) is 0 Å². The van der Waals surface area contributed by atoms with Crippen molar-refractivity contribution >= 4 is 29.1 Å². The Balaban J connectivity index is 1.77. The summed E-state index contributed by atoms with van der Waals surface area (Å²) in [6.07, 6.45) is 10.2. The second-order valence-electron chi connectivity index (χ2n) is 10.7. The maximum atomic E-state index is 12.5. The van der Waals surface area contributed by atoms with Gasteiger partial charge in [-0.2, -0.15) is 0 Å². The summed E-state index contributed by atoms with van der Waals surface area (Å²) in [5, 5.41) is 30.2. The first-order valence-corrected chi connectivity index (χ1v) is 13.8. The number of carboxylic acids is 2. The van der Waals surface area contributed by atoms with Gasteiger partial charge in [-0.3, -0.25) is 9.79 Å². The van der Waals surface area contributed by atoms with Crippen molar-refractivity contribution in [3.8, 4) is 0 Å². The van der Waals surface area contributed by atoms with Crippen molar-refractivity contribution in [3.05, 3.63) is 104 Å². The van der Waals surface area contributed by atoms with Crippen LogP contribution in [0.3, 0.4) is 0 Å². The number of nitrogens with zero attached hydrogens (tertiary/aromatic N) is 3. The fraction of sp³-hybridized carbons (Fsp3) is 0.303. The molecule has 1 unspecified atom stereocenters. The Labute approximate surface area is 239 Å². The van der Waals surface area contributed by atoms with E-state index in [9.17, 15) is 24.9 Å². The average Bonchev–Trinajstić information content (AvgIpc) is 3.63. The molecular formula is C33H33N3O5. The molecule has 1 atom stereocenters. The quantitative estimate of drug-likeness (QED) is 0.318. The molecule has 5 aliphatic rings. The molecule has 0 radical (unpaired) electrons. The zero-order chi connectivity index (χ0) is 29.6. The molecule has 5 rings (SSSR count). The molecule has 0 saturated carbocycles. The minimum absolute atomic E-state index is 0.0753. The third-order valence-corrected chi connectivity index (χ3v) is 8.42. The maximum absolute atomic E-state index is 12.5. The van der Waals surface area contributed by atoms with Crippen LogP contribution in [0.25, 0.3) is 0 Å². The van der Waals surface area contributed by atoms with Crippen LogP contribution < -0.4 is 0 Å². The number of hydrogen-bond donors (Lipinski definition) is 3. The maximum Gasteiger partial charge on any atom is 0.336 e. The molecule has 8 heteroatoms. The molecule has 8 bridgehead atoms. The van der Waals surface area contributed by atoms with E-state index in [1.807, 2.05) is 32.1 Å². The Morgan fingerprint density at radius 2 is 1.71 bits per heavy atom. The summed E-state index contributed by atoms with van der Waals surface area (Å²) in [5.41, 5.74) is 10.5. The van der Waals surface area contributed by atoms with Crippen LogP contribution in [0.2, 0.25) is 0 Å². The number of aliphatic hydroxyl groups excluding tert-OH is 1. The van der Waals surface area contributed by atoms with Crippen LogP contribution in [-0.4, -0.2) is 44.4 Å². The highest BCUT2D eigenvalue weighted by atomic mass is 16.4. The molecule has 0 aromatic carbocycles. The van der Waals surface area contributed by atoms with E-state index < -0.39 is 11.9 Å². The van der Waals surface area contributed by atoms with Crippen LogP contribution in [0.5, 0.6) is 0 Å². The van der Waals surface area contributed by atoms with E-state index in [2.05, 4.69) is 13.5 Å². The van der Waals surface area contributed by atoms with Gasteiger partial charge < -0.3 is 15.3 Å². The van der Waals surface area contributed by atoms with Gasteiger partial charge in [0.15, 0.2) is 0 Å². The topological polar surface area (TPSA) is 132 Å². The van der Waals surface area contributed by atoms with E-state index in [1.165, 1.54) is 0 Å². The van der Waals surface area contributed by atoms with E-state index >= 15 is 0 Å². The number of aliphatic carboxylic acids is 2. The molecule has 3 N–H and O–H groups in total. The highest BCUT2D eigenvalue weighted by Gasteiger charge is 2.35. The highest BCUT2D eigenvalue weighted by molar-refractivity contribution is 6.17. The molecular weight excluding hydrogens is 518 g/mol. The Morgan fingerprint density at radius 3 is 2.34 bits per heavy atom. The van der Waals surface area contributed by atoms with Gasteiger partial charge in [0.2, 0.25) is 0 Å². The van der Waals surface area contributed by atoms with Crippen LogP contribution in [0, 0.1) is 5.92 Å². The normalized spacial score (nSPS) is 23.1. The van der Waals surface area contributed by atoms with Crippen LogP contribution in [0.4, 0.5) is 0 Å². The standard InChI is InChI=1S/C33H33N3O5/c1-6-22-18(5)27-14-29-23(7-2)17(4)26(35-29)13-21-10-19(8-9-30(38)39)32(34-21)25(15-37)24-11-20(12-28(22)36-27)16(3)31(24)33(40)41/h7,12-15,19,37H,2,6,8-11H2,1,3-5H3,(H,38,39)(H,40,41). The Hall–Kier alpha value is -4.59. The molecule has 4 heterocycles. The van der Waals surface area contributed by atoms with Crippen molar-refractivity contribution in [2.75, 3.05) is 0 Å². The number of rotatable bonds is 6. The molecule has 0 spiro atoms. The fourth-order valence-electron chi connectivity index (χ4n) is 6.22. The Bertz CT molecular complexity index is 1660. The van der Waals surface area contributed by atoms with Crippen molar-refractivity contribution < 1.29 is 24.9 Å². The van der Waals surface area contributed by atoms with Crippen molar-refractivity contribution in [1.82, 2.24) is 0 Å². The van der Waals surface area contributed by atoms with E-state index in [1.54, 1.807) is 13.0 Å². The smallest absolute Gasteiger partial charge is 0.336 e. The van der Waals surface area contributed by atoms with E-state index in [-0.39, 0.29) is 24.3 Å². The summed E-state index contributed by atoms with van der Waals surface area (Å²) in [4.78, 5) is 38.7. The molecule has 1 aliphatic carbocycles. The van der Waals surface area contributed by atoms with Gasteiger partial charge in [-0.25, -0.2) is 14.8 Å². The zero-order valence-electron chi connectivity index (χ0n) is 23.7. The van der Waals surface area contributed by atoms with Crippen molar-refractivity contribution in [2.24, 2.45) is 20.9 Å². The molecule has 41 heavy (non-hydrogen) atoms. The Kier molecular flexibility index (Phi) is 7.34. The number of carbonyl (C=O) groups is 2. The largest absolute Gasteiger partial charge is 0.515 e. The van der Waals surface area contributed by atoms with Crippen LogP contribution in [0.15, 0.2) is 119 Å². The summed E-state index contributed by atoms with van der Waals surface area (Å²) >= 11 is 0. The zero-order valence-corrected chi connectivity index (χ0v) is 23.7. The van der Waals surface area contributed by atoms with Gasteiger partial charge in [0, 0.05) is 29.2 Å². The van der Waals surface area contributed by atoms with Crippen molar-refractivity contribution in [1.29, 1.82) is 0 Å². The van der Waals surface area contributed by atoms with Gasteiger partial charge in [-0.15, -0.1) is 0 Å². The predicted octanol–water partition coefficient (Wildman–Crippen LogP) is 6.66. The molecule has 210 valence electrons. The lowest BCUT2D eigenvalue weighted by molar-refractivity contribution is -0.137. The third kappa shape index (κ3) is 4.84. The summed E-state index contributed by atoms with van der Waals surface area (Å²) < 4.78 is 0. The van der Waals surface area contributed by atoms with Gasteiger partial charge in [-0.1, -0.05) is 19.6 Å². The van der Waals surface area contributed by atoms with Gasteiger partial charge in [0.25, 0.3) is 0 Å². The first-order valence-electron chi connectivity index (χ1n) is 13.8. The molecule has 4 aliphatic heterocycles. The van der Waals surface area contributed by atoms with Crippen molar-refractivity contribution in [2.45, 2.75) is 59.8 Å². The highest BCUT2D eigenvalue weighted by Crippen LogP contribution is 2.43. The minimum atomic E-state index is -1.09. The first kappa shape index (κ1) is 28.0. The summed E-state index contributed by atoms with van der Waals surface area (Å²) in [5.74, 6) is -2.33. The van der Waals surface area contributed by atoms with Crippen LogP contribution in [-0.2, 0) is 9.59 Å². The monoisotopic (exact) mass is 551 g/mol. The number of hydrogen-bond acceptors (Lipinski definition) is 6. The van der Waals surface area contributed by atoms with Gasteiger partial charge in [-0.05, 0) is 98.1 Å². The minimum Gasteiger partial charge on any atom is -0.515 e. The van der Waals surface area contributed by atoms with Gasteiger partial charge >= 0.3 is 11.9 Å². The molecule has 8 nitrogen and oxygen atoms in total. The third-order valence-electron chi connectivity index (χ3n) is 8.42. The molecule has 0 aromatic rings. The number of allylic oxidation sites excluding steroid dienone is 11. The van der Waals surface area contributed by atoms with Gasteiger partial charge in [0.05, 0.1) is 40.4 Å². The average molecular weight is 552 g/mol. The number of aliphatic imine (C=N–C) groups is 3. The van der Waals surface area contributed by atoms with Crippen LogP contribution in [0.1, 0.15) is 59.8 Å². The van der Waals surface area contributed by atoms with E-state index in [4.69, 9.17) is 15.0 Å². The lowest BCUT2D eigenvalue weighted by atomic mass is 9.86. The lowest BCUT2D eigenvalue weighted by Crippen LogP contribution is -2.17. The number of carboxylic acid groups (broad SMARTS) is 2. The second kappa shape index (κ2) is 10.8. The predicted molar refractivity (Wildman–Crippen MR) is 160 cm³/mol. The second-order valence-corrected chi connectivity index (χ2v) is 10.7. The Morgan fingerprint density at radius 1 is 1.00 bits per heavy atom.